The molecule has 0 spiro atoms. The summed E-state index contributed by atoms with van der Waals surface area (Å²) in [5.41, 5.74) is 2.24. The van der Waals surface area contributed by atoms with Gasteiger partial charge in [0.25, 0.3) is 0 Å². The molecule has 1 heterocycles. The highest BCUT2D eigenvalue weighted by Crippen LogP contribution is 2.31. The Morgan fingerprint density at radius 1 is 1.08 bits per heavy atom. The third-order valence-corrected chi connectivity index (χ3v) is 6.32. The third kappa shape index (κ3) is 5.31. The summed E-state index contributed by atoms with van der Waals surface area (Å²) in [5.74, 6) is 0.734. The van der Waals surface area contributed by atoms with Crippen LogP contribution >= 0.6 is 0 Å². The molecule has 2 unspecified atom stereocenters. The van der Waals surface area contributed by atoms with Crippen LogP contribution in [-0.4, -0.2) is 35.1 Å². The Hall–Kier alpha value is -1.35. The van der Waals surface area contributed by atoms with Crippen LogP contribution in [0.15, 0.2) is 24.3 Å². The molecule has 0 aromatic heterocycles. The van der Waals surface area contributed by atoms with Crippen molar-refractivity contribution < 1.29 is 9.90 Å². The van der Waals surface area contributed by atoms with Crippen molar-refractivity contribution in [3.8, 4) is 0 Å². The second kappa shape index (κ2) is 8.84. The molecule has 1 N–H and O–H groups in total. The standard InChI is InChI=1S/C22H33NO2/c1-17(14-18-9-11-19(12-10-18)15-22(24)25)20-6-5-13-23(16-20)21-7-3-2-4-8-21/h9-12,17,20-21H,2-8,13-16H2,1H3,(H,24,25). The van der Waals surface area contributed by atoms with Crippen LogP contribution in [0.4, 0.5) is 0 Å². The van der Waals surface area contributed by atoms with Gasteiger partial charge in [-0.05, 0) is 61.6 Å². The van der Waals surface area contributed by atoms with Crippen LogP contribution in [0.25, 0.3) is 0 Å². The zero-order valence-corrected chi connectivity index (χ0v) is 15.6. The molecule has 1 aromatic rings. The number of hydrogen-bond acceptors (Lipinski definition) is 2. The Labute approximate surface area is 152 Å². The van der Waals surface area contributed by atoms with Gasteiger partial charge >= 0.3 is 5.97 Å². The van der Waals surface area contributed by atoms with E-state index in [2.05, 4.69) is 24.0 Å². The second-order valence-electron chi connectivity index (χ2n) is 8.26. The van der Waals surface area contributed by atoms with Crippen molar-refractivity contribution in [2.24, 2.45) is 11.8 Å². The zero-order chi connectivity index (χ0) is 17.6. The van der Waals surface area contributed by atoms with Gasteiger partial charge < -0.3 is 10.0 Å². The van der Waals surface area contributed by atoms with Crippen LogP contribution in [0.5, 0.6) is 0 Å². The van der Waals surface area contributed by atoms with Crippen LogP contribution in [0.1, 0.15) is 63.0 Å². The van der Waals surface area contributed by atoms with Gasteiger partial charge in [-0.15, -0.1) is 0 Å². The number of carbonyl (C=O) groups is 1. The lowest BCUT2D eigenvalue weighted by Gasteiger charge is -2.41. The maximum Gasteiger partial charge on any atom is 0.307 e. The lowest BCUT2D eigenvalue weighted by molar-refractivity contribution is -0.136. The SMILES string of the molecule is CC(Cc1ccc(CC(=O)O)cc1)C1CCCN(C2CCCCC2)C1. The maximum atomic E-state index is 10.8. The second-order valence-corrected chi connectivity index (χ2v) is 8.26. The van der Waals surface area contributed by atoms with Crippen molar-refractivity contribution in [1.29, 1.82) is 0 Å². The predicted molar refractivity (Wildman–Crippen MR) is 102 cm³/mol. The van der Waals surface area contributed by atoms with E-state index in [9.17, 15) is 4.79 Å². The summed E-state index contributed by atoms with van der Waals surface area (Å²) in [6, 6.07) is 9.04. The van der Waals surface area contributed by atoms with Crippen molar-refractivity contribution >= 4 is 5.97 Å². The number of nitrogens with zero attached hydrogens (tertiary/aromatic N) is 1. The average Bonchev–Trinajstić information content (AvgIpc) is 2.64. The van der Waals surface area contributed by atoms with Gasteiger partial charge in [0.2, 0.25) is 0 Å². The highest BCUT2D eigenvalue weighted by Gasteiger charge is 2.29. The van der Waals surface area contributed by atoms with Crippen LogP contribution < -0.4 is 0 Å². The van der Waals surface area contributed by atoms with Crippen molar-refractivity contribution in [1.82, 2.24) is 4.90 Å². The molecule has 0 amide bonds. The molecule has 3 nitrogen and oxygen atoms in total. The molecule has 1 saturated heterocycles. The van der Waals surface area contributed by atoms with Crippen molar-refractivity contribution in [3.63, 3.8) is 0 Å². The molecule has 1 saturated carbocycles. The minimum Gasteiger partial charge on any atom is -0.481 e. The summed E-state index contributed by atoms with van der Waals surface area (Å²) in [5, 5.41) is 8.88. The fourth-order valence-corrected chi connectivity index (χ4v) is 4.79. The van der Waals surface area contributed by atoms with Gasteiger partial charge in [-0.25, -0.2) is 0 Å². The zero-order valence-electron chi connectivity index (χ0n) is 15.6. The highest BCUT2D eigenvalue weighted by molar-refractivity contribution is 5.70. The first-order valence-corrected chi connectivity index (χ1v) is 10.2. The molecule has 3 rings (SSSR count). The number of hydrogen-bond donors (Lipinski definition) is 1. The molecule has 3 heteroatoms. The fourth-order valence-electron chi connectivity index (χ4n) is 4.79. The smallest absolute Gasteiger partial charge is 0.307 e. The third-order valence-electron chi connectivity index (χ3n) is 6.32. The van der Waals surface area contributed by atoms with Crippen molar-refractivity contribution in [2.75, 3.05) is 13.1 Å². The van der Waals surface area contributed by atoms with E-state index in [1.807, 2.05) is 12.1 Å². The van der Waals surface area contributed by atoms with E-state index in [4.69, 9.17) is 5.11 Å². The van der Waals surface area contributed by atoms with E-state index >= 15 is 0 Å². The van der Waals surface area contributed by atoms with E-state index in [1.54, 1.807) is 0 Å². The topological polar surface area (TPSA) is 40.5 Å². The molecule has 1 aliphatic carbocycles. The number of carboxylic acids is 1. The Morgan fingerprint density at radius 3 is 2.44 bits per heavy atom. The summed E-state index contributed by atoms with van der Waals surface area (Å²) in [7, 11) is 0. The first-order chi connectivity index (χ1) is 12.1. The van der Waals surface area contributed by atoms with Gasteiger partial charge in [0.1, 0.15) is 0 Å². The van der Waals surface area contributed by atoms with Crippen molar-refractivity contribution in [3.05, 3.63) is 35.4 Å². The van der Waals surface area contributed by atoms with Gasteiger partial charge in [0.15, 0.2) is 0 Å². The summed E-state index contributed by atoms with van der Waals surface area (Å²) < 4.78 is 0. The molecule has 2 atom stereocenters. The summed E-state index contributed by atoms with van der Waals surface area (Å²) in [6.07, 6.45) is 11.0. The highest BCUT2D eigenvalue weighted by atomic mass is 16.4. The van der Waals surface area contributed by atoms with Gasteiger partial charge in [0.05, 0.1) is 6.42 Å². The normalized spacial score (nSPS) is 24.1. The molecule has 25 heavy (non-hydrogen) atoms. The largest absolute Gasteiger partial charge is 0.481 e. The van der Waals surface area contributed by atoms with E-state index in [1.165, 1.54) is 63.6 Å². The van der Waals surface area contributed by atoms with Gasteiger partial charge in [-0.2, -0.15) is 0 Å². The lowest BCUT2D eigenvalue weighted by atomic mass is 9.81. The maximum absolute atomic E-state index is 10.8. The molecular weight excluding hydrogens is 310 g/mol. The molecule has 0 bridgehead atoms. The molecule has 1 aromatic carbocycles. The molecule has 2 fully saturated rings. The van der Waals surface area contributed by atoms with Crippen LogP contribution in [0.3, 0.4) is 0 Å². The van der Waals surface area contributed by atoms with E-state index in [0.29, 0.717) is 5.92 Å². The monoisotopic (exact) mass is 343 g/mol. The molecule has 0 radical (unpaired) electrons. The summed E-state index contributed by atoms with van der Waals surface area (Å²) in [4.78, 5) is 13.6. The minimum absolute atomic E-state index is 0.120. The molecule has 2 aliphatic rings. The predicted octanol–water partition coefficient (Wildman–Crippen LogP) is 4.54. The Bertz CT molecular complexity index is 548. The van der Waals surface area contributed by atoms with Crippen LogP contribution in [0.2, 0.25) is 0 Å². The molecule has 138 valence electrons. The number of carboxylic acid groups (broad SMARTS) is 1. The Morgan fingerprint density at radius 2 is 1.76 bits per heavy atom. The summed E-state index contributed by atoms with van der Waals surface area (Å²) in [6.45, 7) is 4.99. The first kappa shape index (κ1) is 18.4. The quantitative estimate of drug-likeness (QED) is 0.824. The molecular formula is C22H33NO2. The summed E-state index contributed by atoms with van der Waals surface area (Å²) >= 11 is 0. The van der Waals surface area contributed by atoms with E-state index in [-0.39, 0.29) is 6.42 Å². The van der Waals surface area contributed by atoms with Gasteiger partial charge in [-0.3, -0.25) is 4.79 Å². The number of piperidine rings is 1. The van der Waals surface area contributed by atoms with Crippen LogP contribution in [-0.2, 0) is 17.6 Å². The number of rotatable bonds is 6. The van der Waals surface area contributed by atoms with Crippen LogP contribution in [0, 0.1) is 11.8 Å². The van der Waals surface area contributed by atoms with E-state index in [0.717, 1.165) is 23.9 Å². The Kier molecular flexibility index (Phi) is 6.52. The van der Waals surface area contributed by atoms with Crippen molar-refractivity contribution in [2.45, 2.75) is 70.8 Å². The Balaban J connectivity index is 1.53. The molecule has 1 aliphatic heterocycles. The van der Waals surface area contributed by atoms with E-state index < -0.39 is 5.97 Å². The van der Waals surface area contributed by atoms with Gasteiger partial charge in [-0.1, -0.05) is 50.5 Å². The fraction of sp³-hybridized carbons (Fsp3) is 0.682. The average molecular weight is 344 g/mol. The lowest BCUT2D eigenvalue weighted by Crippen LogP contribution is -2.45. The first-order valence-electron chi connectivity index (χ1n) is 10.2. The number of likely N-dealkylation sites (tertiary alicyclic amines) is 1. The number of aliphatic carboxylic acids is 1. The number of benzene rings is 1. The van der Waals surface area contributed by atoms with Gasteiger partial charge in [0, 0.05) is 12.6 Å². The minimum atomic E-state index is -0.758.